The van der Waals surface area contributed by atoms with Crippen LogP contribution in [0.4, 0.5) is 5.69 Å². The maximum atomic E-state index is 3.28. The lowest BCUT2D eigenvalue weighted by molar-refractivity contribution is 1.44. The van der Waals surface area contributed by atoms with E-state index < -0.39 is 0 Å². The molecule has 0 amide bonds. The lowest BCUT2D eigenvalue weighted by Gasteiger charge is -2.03. The molecule has 0 saturated carbocycles. The molecule has 1 nitrogen and oxygen atoms in total. The highest BCUT2D eigenvalue weighted by Crippen LogP contribution is 2.13. The van der Waals surface area contributed by atoms with Gasteiger partial charge in [-0.2, -0.15) is 0 Å². The van der Waals surface area contributed by atoms with Crippen molar-refractivity contribution >= 4 is 11.8 Å². The van der Waals surface area contributed by atoms with Crippen molar-refractivity contribution in [2.24, 2.45) is 0 Å². The summed E-state index contributed by atoms with van der Waals surface area (Å²) in [5.74, 6) is 0. The molecular weight excluding hydrogens is 194 g/mol. The highest BCUT2D eigenvalue weighted by atomic mass is 14.8. The highest BCUT2D eigenvalue weighted by Gasteiger charge is 1.91. The number of rotatable bonds is 3. The minimum atomic E-state index is 1.15. The van der Waals surface area contributed by atoms with Crippen LogP contribution in [0.2, 0.25) is 0 Å². The van der Waals surface area contributed by atoms with Crippen molar-refractivity contribution in [3.05, 3.63) is 71.9 Å². The summed E-state index contributed by atoms with van der Waals surface area (Å²) in [4.78, 5) is 0. The Morgan fingerprint density at radius 2 is 1.56 bits per heavy atom. The van der Waals surface area contributed by atoms with Gasteiger partial charge >= 0.3 is 0 Å². The Kier molecular flexibility index (Phi) is 3.39. The van der Waals surface area contributed by atoms with Crippen LogP contribution in [0.25, 0.3) is 6.08 Å². The standard InChI is InChI=1S/C15H15N/c1-13-7-5-6-10-15(13)16-12-11-14-8-3-2-4-9-14/h2-12,16H,1H3/b12-11-. The number of benzene rings is 2. The van der Waals surface area contributed by atoms with Gasteiger partial charge in [0.25, 0.3) is 0 Å². The van der Waals surface area contributed by atoms with E-state index in [2.05, 4.69) is 42.6 Å². The van der Waals surface area contributed by atoms with E-state index in [-0.39, 0.29) is 0 Å². The van der Waals surface area contributed by atoms with Gasteiger partial charge in [0.1, 0.15) is 0 Å². The van der Waals surface area contributed by atoms with Gasteiger partial charge in [0.15, 0.2) is 0 Å². The third kappa shape index (κ3) is 2.74. The van der Waals surface area contributed by atoms with Crippen LogP contribution in [0.1, 0.15) is 11.1 Å². The second kappa shape index (κ2) is 5.17. The molecule has 0 radical (unpaired) electrons. The average Bonchev–Trinajstić information content (AvgIpc) is 2.33. The van der Waals surface area contributed by atoms with E-state index in [0.29, 0.717) is 0 Å². The van der Waals surface area contributed by atoms with E-state index in [9.17, 15) is 0 Å². The average molecular weight is 209 g/mol. The van der Waals surface area contributed by atoms with Crippen molar-refractivity contribution in [1.29, 1.82) is 0 Å². The Hall–Kier alpha value is -2.02. The third-order valence-electron chi connectivity index (χ3n) is 2.46. The topological polar surface area (TPSA) is 12.0 Å². The molecule has 0 bridgehead atoms. The van der Waals surface area contributed by atoms with Crippen molar-refractivity contribution in [3.63, 3.8) is 0 Å². The summed E-state index contributed by atoms with van der Waals surface area (Å²) < 4.78 is 0. The summed E-state index contributed by atoms with van der Waals surface area (Å²) in [5.41, 5.74) is 3.60. The molecule has 2 aromatic carbocycles. The fraction of sp³-hybridized carbons (Fsp3) is 0.0667. The Labute approximate surface area is 96.4 Å². The van der Waals surface area contributed by atoms with Crippen LogP contribution in [0.3, 0.4) is 0 Å². The van der Waals surface area contributed by atoms with Gasteiger partial charge in [-0.3, -0.25) is 0 Å². The van der Waals surface area contributed by atoms with Crippen LogP contribution < -0.4 is 5.32 Å². The molecule has 0 spiro atoms. The van der Waals surface area contributed by atoms with Crippen LogP contribution in [-0.4, -0.2) is 0 Å². The first-order valence-electron chi connectivity index (χ1n) is 5.40. The van der Waals surface area contributed by atoms with Gasteiger partial charge in [-0.15, -0.1) is 0 Å². The van der Waals surface area contributed by atoms with Crippen molar-refractivity contribution in [2.45, 2.75) is 6.92 Å². The summed E-state index contributed by atoms with van der Waals surface area (Å²) in [6.07, 6.45) is 4.03. The molecule has 16 heavy (non-hydrogen) atoms. The van der Waals surface area contributed by atoms with Crippen LogP contribution in [-0.2, 0) is 0 Å². The monoisotopic (exact) mass is 209 g/mol. The van der Waals surface area contributed by atoms with E-state index in [1.165, 1.54) is 11.1 Å². The summed E-state index contributed by atoms with van der Waals surface area (Å²) in [7, 11) is 0. The molecule has 0 fully saturated rings. The SMILES string of the molecule is Cc1ccccc1N/C=C\c1ccccc1. The third-order valence-corrected chi connectivity index (χ3v) is 2.46. The minimum absolute atomic E-state index is 1.15. The Bertz CT molecular complexity index is 472. The van der Waals surface area contributed by atoms with E-state index >= 15 is 0 Å². The van der Waals surface area contributed by atoms with Crippen molar-refractivity contribution in [2.75, 3.05) is 5.32 Å². The van der Waals surface area contributed by atoms with Gasteiger partial charge in [0.2, 0.25) is 0 Å². The zero-order valence-electron chi connectivity index (χ0n) is 9.35. The van der Waals surface area contributed by atoms with Crippen molar-refractivity contribution < 1.29 is 0 Å². The molecule has 0 aliphatic rings. The number of hydrogen-bond acceptors (Lipinski definition) is 1. The number of hydrogen-bond donors (Lipinski definition) is 1. The molecule has 80 valence electrons. The maximum absolute atomic E-state index is 3.28. The molecule has 0 aromatic heterocycles. The van der Waals surface area contributed by atoms with E-state index in [1.807, 2.05) is 36.5 Å². The van der Waals surface area contributed by atoms with Crippen LogP contribution in [0.5, 0.6) is 0 Å². The molecule has 0 aliphatic heterocycles. The van der Waals surface area contributed by atoms with Gasteiger partial charge in [-0.25, -0.2) is 0 Å². The van der Waals surface area contributed by atoms with Crippen molar-refractivity contribution in [3.8, 4) is 0 Å². The molecule has 0 aliphatic carbocycles. The summed E-state index contributed by atoms with van der Waals surface area (Å²) >= 11 is 0. The number of aryl methyl sites for hydroxylation is 1. The van der Waals surface area contributed by atoms with Gasteiger partial charge in [0, 0.05) is 11.9 Å². The smallest absolute Gasteiger partial charge is 0.0409 e. The fourth-order valence-electron chi connectivity index (χ4n) is 1.53. The lowest BCUT2D eigenvalue weighted by Crippen LogP contribution is -1.89. The number of anilines is 1. The van der Waals surface area contributed by atoms with Gasteiger partial charge in [0.05, 0.1) is 0 Å². The Morgan fingerprint density at radius 3 is 2.31 bits per heavy atom. The molecular formula is C15H15N. The first-order valence-corrected chi connectivity index (χ1v) is 5.40. The summed E-state index contributed by atoms with van der Waals surface area (Å²) in [5, 5.41) is 3.28. The summed E-state index contributed by atoms with van der Waals surface area (Å²) in [6, 6.07) is 18.5. The molecule has 2 aromatic rings. The van der Waals surface area contributed by atoms with Crippen LogP contribution >= 0.6 is 0 Å². The Morgan fingerprint density at radius 1 is 0.875 bits per heavy atom. The molecule has 0 atom stereocenters. The van der Waals surface area contributed by atoms with Gasteiger partial charge < -0.3 is 5.32 Å². The molecule has 1 heteroatoms. The highest BCUT2D eigenvalue weighted by molar-refractivity contribution is 5.57. The first kappa shape index (κ1) is 10.5. The second-order valence-corrected chi connectivity index (χ2v) is 3.70. The van der Waals surface area contributed by atoms with Crippen LogP contribution in [0.15, 0.2) is 60.8 Å². The number of nitrogens with one attached hydrogen (secondary N) is 1. The van der Waals surface area contributed by atoms with E-state index in [4.69, 9.17) is 0 Å². The summed E-state index contributed by atoms with van der Waals surface area (Å²) in [6.45, 7) is 2.10. The quantitative estimate of drug-likeness (QED) is 0.803. The number of para-hydroxylation sites is 1. The molecule has 0 unspecified atom stereocenters. The molecule has 1 N–H and O–H groups in total. The molecule has 0 saturated heterocycles. The van der Waals surface area contributed by atoms with Gasteiger partial charge in [-0.1, -0.05) is 48.5 Å². The fourth-order valence-corrected chi connectivity index (χ4v) is 1.53. The zero-order chi connectivity index (χ0) is 11.2. The zero-order valence-corrected chi connectivity index (χ0v) is 9.35. The Balaban J connectivity index is 2.03. The van der Waals surface area contributed by atoms with Crippen LogP contribution in [0, 0.1) is 6.92 Å². The van der Waals surface area contributed by atoms with E-state index in [1.54, 1.807) is 0 Å². The largest absolute Gasteiger partial charge is 0.361 e. The maximum Gasteiger partial charge on any atom is 0.0409 e. The molecule has 2 rings (SSSR count). The first-order chi connectivity index (χ1) is 7.86. The molecule has 0 heterocycles. The van der Waals surface area contributed by atoms with Gasteiger partial charge in [-0.05, 0) is 30.2 Å². The van der Waals surface area contributed by atoms with E-state index in [0.717, 1.165) is 5.69 Å². The second-order valence-electron chi connectivity index (χ2n) is 3.70. The van der Waals surface area contributed by atoms with Crippen molar-refractivity contribution in [1.82, 2.24) is 0 Å². The predicted molar refractivity (Wildman–Crippen MR) is 70.3 cm³/mol. The minimum Gasteiger partial charge on any atom is -0.361 e. The normalized spacial score (nSPS) is 10.6. The lowest BCUT2D eigenvalue weighted by atomic mass is 10.2. The predicted octanol–water partition coefficient (Wildman–Crippen LogP) is 4.08.